The second kappa shape index (κ2) is 4.59. The van der Waals surface area contributed by atoms with Crippen molar-refractivity contribution in [3.05, 3.63) is 0 Å². The maximum atomic E-state index is 11.2. The lowest BCUT2D eigenvalue weighted by Gasteiger charge is -2.22. The Labute approximate surface area is 86.1 Å². The Morgan fingerprint density at radius 3 is 2.50 bits per heavy atom. The van der Waals surface area contributed by atoms with Crippen LogP contribution in [-0.4, -0.2) is 26.0 Å². The van der Waals surface area contributed by atoms with Gasteiger partial charge in [0.25, 0.3) is 0 Å². The predicted molar refractivity (Wildman–Crippen MR) is 57.3 cm³/mol. The SMILES string of the molecule is CC(C)C(CC1CCS(=O)(=O)C1)NN. The van der Waals surface area contributed by atoms with Crippen LogP contribution >= 0.6 is 0 Å². The third-order valence-electron chi connectivity index (χ3n) is 2.93. The molecule has 0 saturated carbocycles. The number of sulfone groups is 1. The fourth-order valence-corrected chi connectivity index (χ4v) is 3.83. The summed E-state index contributed by atoms with van der Waals surface area (Å²) in [5, 5.41) is 0. The fraction of sp³-hybridized carbons (Fsp3) is 1.00. The minimum absolute atomic E-state index is 0.230. The zero-order valence-corrected chi connectivity index (χ0v) is 9.68. The molecule has 4 nitrogen and oxygen atoms in total. The van der Waals surface area contributed by atoms with E-state index >= 15 is 0 Å². The van der Waals surface area contributed by atoms with Crippen molar-refractivity contribution in [3.63, 3.8) is 0 Å². The molecule has 0 aromatic rings. The van der Waals surface area contributed by atoms with E-state index in [4.69, 9.17) is 5.84 Å². The van der Waals surface area contributed by atoms with Crippen LogP contribution in [0.2, 0.25) is 0 Å². The summed E-state index contributed by atoms with van der Waals surface area (Å²) in [6, 6.07) is 0.230. The quantitative estimate of drug-likeness (QED) is 0.528. The van der Waals surface area contributed by atoms with Gasteiger partial charge in [-0.3, -0.25) is 11.3 Å². The van der Waals surface area contributed by atoms with E-state index in [1.54, 1.807) is 0 Å². The van der Waals surface area contributed by atoms with Gasteiger partial charge in [-0.2, -0.15) is 0 Å². The second-order valence-electron chi connectivity index (χ2n) is 4.52. The largest absolute Gasteiger partial charge is 0.271 e. The van der Waals surface area contributed by atoms with Gasteiger partial charge in [0.2, 0.25) is 0 Å². The fourth-order valence-electron chi connectivity index (χ4n) is 1.95. The van der Waals surface area contributed by atoms with E-state index in [0.29, 0.717) is 23.3 Å². The highest BCUT2D eigenvalue weighted by atomic mass is 32.2. The molecular weight excluding hydrogens is 200 g/mol. The minimum Gasteiger partial charge on any atom is -0.271 e. The third kappa shape index (κ3) is 3.22. The minimum atomic E-state index is -2.74. The molecule has 3 N–H and O–H groups in total. The summed E-state index contributed by atoms with van der Waals surface area (Å²) < 4.78 is 22.5. The molecule has 0 amide bonds. The Bertz CT molecular complexity index is 275. The number of hydrazine groups is 1. The van der Waals surface area contributed by atoms with Gasteiger partial charge in [0.15, 0.2) is 9.84 Å². The first-order valence-corrected chi connectivity index (χ1v) is 6.93. The second-order valence-corrected chi connectivity index (χ2v) is 6.75. The Kier molecular flexibility index (Phi) is 3.92. The summed E-state index contributed by atoms with van der Waals surface area (Å²) in [5.41, 5.74) is 2.76. The Morgan fingerprint density at radius 1 is 1.50 bits per heavy atom. The molecular formula is C9H20N2O2S. The summed E-state index contributed by atoms with van der Waals surface area (Å²) in [4.78, 5) is 0. The first-order valence-electron chi connectivity index (χ1n) is 5.11. The van der Waals surface area contributed by atoms with Crippen LogP contribution in [0.3, 0.4) is 0 Å². The topological polar surface area (TPSA) is 72.2 Å². The van der Waals surface area contributed by atoms with Gasteiger partial charge in [-0.25, -0.2) is 8.42 Å². The molecule has 0 aliphatic carbocycles. The first-order chi connectivity index (χ1) is 6.44. The molecule has 1 aliphatic rings. The number of nitrogens with one attached hydrogen (secondary N) is 1. The van der Waals surface area contributed by atoms with Crippen molar-refractivity contribution >= 4 is 9.84 Å². The van der Waals surface area contributed by atoms with Crippen LogP contribution in [0, 0.1) is 11.8 Å². The standard InChI is InChI=1S/C9H20N2O2S/c1-7(2)9(11-10)5-8-3-4-14(12,13)6-8/h7-9,11H,3-6,10H2,1-2H3. The number of hydrogen-bond donors (Lipinski definition) is 2. The molecule has 2 atom stereocenters. The average Bonchev–Trinajstić information content (AvgIpc) is 2.41. The van der Waals surface area contributed by atoms with Gasteiger partial charge in [0, 0.05) is 6.04 Å². The Hall–Kier alpha value is -0.130. The van der Waals surface area contributed by atoms with E-state index in [-0.39, 0.29) is 6.04 Å². The zero-order valence-electron chi connectivity index (χ0n) is 8.86. The molecule has 1 heterocycles. The molecule has 5 heteroatoms. The van der Waals surface area contributed by atoms with Crippen LogP contribution in [0.5, 0.6) is 0 Å². The van der Waals surface area contributed by atoms with Gasteiger partial charge < -0.3 is 0 Å². The van der Waals surface area contributed by atoms with Crippen molar-refractivity contribution in [3.8, 4) is 0 Å². The van der Waals surface area contributed by atoms with Crippen LogP contribution in [0.15, 0.2) is 0 Å². The molecule has 1 rings (SSSR count). The van der Waals surface area contributed by atoms with Gasteiger partial charge in [0.05, 0.1) is 11.5 Å². The highest BCUT2D eigenvalue weighted by molar-refractivity contribution is 7.91. The summed E-state index contributed by atoms with van der Waals surface area (Å²) in [6.07, 6.45) is 1.67. The van der Waals surface area contributed by atoms with E-state index in [1.807, 2.05) is 0 Å². The molecule has 0 aromatic heterocycles. The molecule has 0 radical (unpaired) electrons. The van der Waals surface area contributed by atoms with Crippen LogP contribution in [-0.2, 0) is 9.84 Å². The maximum Gasteiger partial charge on any atom is 0.150 e. The molecule has 0 spiro atoms. The monoisotopic (exact) mass is 220 g/mol. The van der Waals surface area contributed by atoms with Crippen LogP contribution in [0.1, 0.15) is 26.7 Å². The normalized spacial score (nSPS) is 28.1. The summed E-state index contributed by atoms with van der Waals surface area (Å²) in [5.74, 6) is 6.86. The molecule has 0 bridgehead atoms. The molecule has 1 saturated heterocycles. The summed E-state index contributed by atoms with van der Waals surface area (Å²) >= 11 is 0. The number of nitrogens with two attached hydrogens (primary N) is 1. The highest BCUT2D eigenvalue weighted by Gasteiger charge is 2.30. The van der Waals surface area contributed by atoms with Gasteiger partial charge in [-0.1, -0.05) is 13.8 Å². The van der Waals surface area contributed by atoms with Crippen LogP contribution < -0.4 is 11.3 Å². The number of hydrogen-bond acceptors (Lipinski definition) is 4. The van der Waals surface area contributed by atoms with Gasteiger partial charge >= 0.3 is 0 Å². The van der Waals surface area contributed by atoms with E-state index in [2.05, 4.69) is 19.3 Å². The summed E-state index contributed by atoms with van der Waals surface area (Å²) in [7, 11) is -2.74. The highest BCUT2D eigenvalue weighted by Crippen LogP contribution is 2.24. The number of rotatable bonds is 4. The first kappa shape index (κ1) is 11.9. The smallest absolute Gasteiger partial charge is 0.150 e. The van der Waals surface area contributed by atoms with Crippen molar-refractivity contribution in [1.29, 1.82) is 0 Å². The van der Waals surface area contributed by atoms with Crippen molar-refractivity contribution in [2.24, 2.45) is 17.7 Å². The third-order valence-corrected chi connectivity index (χ3v) is 4.77. The van der Waals surface area contributed by atoms with Crippen molar-refractivity contribution in [2.75, 3.05) is 11.5 Å². The maximum absolute atomic E-state index is 11.2. The van der Waals surface area contributed by atoms with Crippen molar-refractivity contribution < 1.29 is 8.42 Å². The van der Waals surface area contributed by atoms with Gasteiger partial charge in [-0.05, 0) is 24.7 Å². The predicted octanol–water partition coefficient (Wildman–Crippen LogP) is 0.299. The van der Waals surface area contributed by atoms with E-state index < -0.39 is 9.84 Å². The molecule has 1 fully saturated rings. The van der Waals surface area contributed by atoms with E-state index in [9.17, 15) is 8.42 Å². The molecule has 2 unspecified atom stereocenters. The van der Waals surface area contributed by atoms with E-state index in [1.165, 1.54) is 0 Å². The lowest BCUT2D eigenvalue weighted by Crippen LogP contribution is -2.40. The van der Waals surface area contributed by atoms with Crippen molar-refractivity contribution in [2.45, 2.75) is 32.7 Å². The molecule has 14 heavy (non-hydrogen) atoms. The van der Waals surface area contributed by atoms with Gasteiger partial charge in [0.1, 0.15) is 0 Å². The van der Waals surface area contributed by atoms with Crippen LogP contribution in [0.25, 0.3) is 0 Å². The zero-order chi connectivity index (χ0) is 10.8. The molecule has 1 aliphatic heterocycles. The van der Waals surface area contributed by atoms with E-state index in [0.717, 1.165) is 12.8 Å². The van der Waals surface area contributed by atoms with Gasteiger partial charge in [-0.15, -0.1) is 0 Å². The van der Waals surface area contributed by atoms with Crippen LogP contribution in [0.4, 0.5) is 0 Å². The van der Waals surface area contributed by atoms with Crippen molar-refractivity contribution in [1.82, 2.24) is 5.43 Å². The Balaban J connectivity index is 2.45. The summed E-state index contributed by atoms with van der Waals surface area (Å²) in [6.45, 7) is 4.18. The molecule has 84 valence electrons. The molecule has 0 aromatic carbocycles. The Morgan fingerprint density at radius 2 is 2.14 bits per heavy atom. The lowest BCUT2D eigenvalue weighted by molar-refractivity contribution is 0.335. The lowest BCUT2D eigenvalue weighted by atomic mass is 9.93. The average molecular weight is 220 g/mol.